The first-order valence-corrected chi connectivity index (χ1v) is 7.18. The largest absolute Gasteiger partial charge is 0.493 e. The predicted octanol–water partition coefficient (Wildman–Crippen LogP) is 1.12. The molecule has 1 aliphatic heterocycles. The van der Waals surface area contributed by atoms with E-state index in [0.29, 0.717) is 17.9 Å². The van der Waals surface area contributed by atoms with E-state index in [1.54, 1.807) is 0 Å². The van der Waals surface area contributed by atoms with Crippen LogP contribution in [-0.2, 0) is 10.3 Å². The van der Waals surface area contributed by atoms with Crippen molar-refractivity contribution in [1.82, 2.24) is 5.32 Å². The van der Waals surface area contributed by atoms with E-state index in [4.69, 9.17) is 4.74 Å². The van der Waals surface area contributed by atoms with Crippen LogP contribution >= 0.6 is 0 Å². The second-order valence-corrected chi connectivity index (χ2v) is 5.30. The zero-order chi connectivity index (χ0) is 12.8. The summed E-state index contributed by atoms with van der Waals surface area (Å²) in [6.07, 6.45) is 1.37. The van der Waals surface area contributed by atoms with E-state index in [-0.39, 0.29) is 5.92 Å². The van der Waals surface area contributed by atoms with Crippen molar-refractivity contribution in [2.45, 2.75) is 12.8 Å². The minimum Gasteiger partial charge on any atom is -0.493 e. The molecule has 1 unspecified atom stereocenters. The summed E-state index contributed by atoms with van der Waals surface area (Å²) in [7, 11) is -2.10. The summed E-state index contributed by atoms with van der Waals surface area (Å²) in [4.78, 5) is 0.580. The van der Waals surface area contributed by atoms with Crippen LogP contribution in [0.4, 0.5) is 0 Å². The molecule has 1 atom stereocenters. The predicted molar refractivity (Wildman–Crippen MR) is 71.5 cm³/mol. The Kier molecular flexibility index (Phi) is 4.78. The van der Waals surface area contributed by atoms with Crippen molar-refractivity contribution in [1.29, 1.82) is 0 Å². The van der Waals surface area contributed by atoms with Gasteiger partial charge in [0.2, 0.25) is 10.3 Å². The fourth-order valence-electron chi connectivity index (χ4n) is 2.14. The Morgan fingerprint density at radius 3 is 2.72 bits per heavy atom. The lowest BCUT2D eigenvalue weighted by Gasteiger charge is -2.10. The summed E-state index contributed by atoms with van der Waals surface area (Å²) in [6.45, 7) is 2.06. The van der Waals surface area contributed by atoms with Crippen LogP contribution in [0, 0.1) is 5.92 Å². The van der Waals surface area contributed by atoms with Gasteiger partial charge in [0.15, 0.2) is 0 Å². The van der Waals surface area contributed by atoms with Crippen molar-refractivity contribution in [3.8, 4) is 5.75 Å². The van der Waals surface area contributed by atoms with Gasteiger partial charge in [-0.15, -0.1) is 0 Å². The standard InChI is InChI=1S/C13H17NO3S/c15-18(16)13(11-6-8-14-10-11)7-9-17-12-4-2-1-3-5-12/h1-5,11,14H,6-10H2. The van der Waals surface area contributed by atoms with Gasteiger partial charge in [-0.2, -0.15) is 8.42 Å². The molecule has 0 saturated carbocycles. The Morgan fingerprint density at radius 1 is 1.33 bits per heavy atom. The van der Waals surface area contributed by atoms with Crippen molar-refractivity contribution in [3.63, 3.8) is 0 Å². The number of hydrogen-bond acceptors (Lipinski definition) is 4. The second-order valence-electron chi connectivity index (χ2n) is 4.30. The van der Waals surface area contributed by atoms with Gasteiger partial charge >= 0.3 is 0 Å². The van der Waals surface area contributed by atoms with E-state index >= 15 is 0 Å². The van der Waals surface area contributed by atoms with Gasteiger partial charge in [0.05, 0.1) is 11.5 Å². The SMILES string of the molecule is O=S(=O)=C(CCOc1ccccc1)C1CCNC1. The smallest absolute Gasteiger partial charge is 0.213 e. The van der Waals surface area contributed by atoms with Gasteiger partial charge in [0.1, 0.15) is 5.75 Å². The van der Waals surface area contributed by atoms with Crippen LogP contribution in [0.5, 0.6) is 5.75 Å². The molecule has 1 fully saturated rings. The van der Waals surface area contributed by atoms with Crippen molar-refractivity contribution in [2.24, 2.45) is 5.92 Å². The van der Waals surface area contributed by atoms with Crippen LogP contribution in [0.25, 0.3) is 0 Å². The topological polar surface area (TPSA) is 55.4 Å². The molecule has 2 rings (SSSR count). The van der Waals surface area contributed by atoms with Crippen LogP contribution in [0.3, 0.4) is 0 Å². The van der Waals surface area contributed by atoms with Gasteiger partial charge in [-0.05, 0) is 25.1 Å². The Balaban J connectivity index is 1.89. The lowest BCUT2D eigenvalue weighted by molar-refractivity contribution is 0.328. The Bertz CT molecular complexity index is 496. The van der Waals surface area contributed by atoms with Crippen LogP contribution in [0.1, 0.15) is 12.8 Å². The molecule has 98 valence electrons. The molecule has 0 radical (unpaired) electrons. The summed E-state index contributed by atoms with van der Waals surface area (Å²) in [6, 6.07) is 9.44. The molecule has 1 aromatic carbocycles. The fourth-order valence-corrected chi connectivity index (χ4v) is 2.86. The maximum Gasteiger partial charge on any atom is 0.213 e. The van der Waals surface area contributed by atoms with Gasteiger partial charge in [-0.3, -0.25) is 0 Å². The van der Waals surface area contributed by atoms with Gasteiger partial charge in [-0.25, -0.2) is 0 Å². The minimum absolute atomic E-state index is 0.141. The summed E-state index contributed by atoms with van der Waals surface area (Å²) in [5.41, 5.74) is 0. The van der Waals surface area contributed by atoms with E-state index < -0.39 is 10.3 Å². The number of ether oxygens (including phenoxy) is 1. The monoisotopic (exact) mass is 267 g/mol. The highest BCUT2D eigenvalue weighted by Gasteiger charge is 2.21. The van der Waals surface area contributed by atoms with E-state index in [1.807, 2.05) is 30.3 Å². The highest BCUT2D eigenvalue weighted by atomic mass is 32.2. The van der Waals surface area contributed by atoms with E-state index in [2.05, 4.69) is 5.32 Å². The molecule has 0 aromatic heterocycles. The van der Waals surface area contributed by atoms with E-state index in [0.717, 1.165) is 25.3 Å². The van der Waals surface area contributed by atoms with Gasteiger partial charge in [0, 0.05) is 18.9 Å². The molecule has 5 heteroatoms. The number of rotatable bonds is 5. The normalized spacial score (nSPS) is 18.6. The molecule has 4 nitrogen and oxygen atoms in total. The summed E-state index contributed by atoms with van der Waals surface area (Å²) >= 11 is 0. The maximum absolute atomic E-state index is 11.2. The Labute approximate surface area is 109 Å². The third-order valence-corrected chi connectivity index (χ3v) is 4.06. The zero-order valence-corrected chi connectivity index (χ0v) is 10.9. The highest BCUT2D eigenvalue weighted by Crippen LogP contribution is 2.13. The average molecular weight is 267 g/mol. The summed E-state index contributed by atoms with van der Waals surface area (Å²) in [5, 5.41) is 3.18. The molecular weight excluding hydrogens is 250 g/mol. The lowest BCUT2D eigenvalue weighted by Crippen LogP contribution is -2.20. The van der Waals surface area contributed by atoms with Crippen LogP contribution in [-0.4, -0.2) is 33.0 Å². The molecule has 0 bridgehead atoms. The highest BCUT2D eigenvalue weighted by molar-refractivity contribution is 7.73. The molecule has 0 amide bonds. The van der Waals surface area contributed by atoms with Crippen LogP contribution < -0.4 is 10.1 Å². The first kappa shape index (κ1) is 13.1. The summed E-state index contributed by atoms with van der Waals surface area (Å²) in [5.74, 6) is 0.917. The molecule has 0 aliphatic carbocycles. The Morgan fingerprint density at radius 2 is 2.11 bits per heavy atom. The summed E-state index contributed by atoms with van der Waals surface area (Å²) < 4.78 is 27.9. The second kappa shape index (κ2) is 6.56. The fraction of sp³-hybridized carbons (Fsp3) is 0.462. The quantitative estimate of drug-likeness (QED) is 0.812. The number of para-hydroxylation sites is 1. The van der Waals surface area contributed by atoms with Crippen LogP contribution in [0.15, 0.2) is 30.3 Å². The molecule has 0 spiro atoms. The van der Waals surface area contributed by atoms with E-state index in [1.165, 1.54) is 0 Å². The average Bonchev–Trinajstić information content (AvgIpc) is 2.89. The minimum atomic E-state index is -2.10. The molecule has 1 heterocycles. The van der Waals surface area contributed by atoms with Gasteiger partial charge in [0.25, 0.3) is 0 Å². The molecule has 1 aliphatic rings. The third kappa shape index (κ3) is 3.58. The van der Waals surface area contributed by atoms with Crippen molar-refractivity contribution in [2.75, 3.05) is 19.7 Å². The van der Waals surface area contributed by atoms with E-state index in [9.17, 15) is 8.42 Å². The first-order chi connectivity index (χ1) is 8.77. The van der Waals surface area contributed by atoms with Crippen molar-refractivity contribution >= 4 is 15.2 Å². The van der Waals surface area contributed by atoms with Crippen molar-refractivity contribution in [3.05, 3.63) is 30.3 Å². The number of hydrogen-bond donors (Lipinski definition) is 1. The number of benzene rings is 1. The lowest BCUT2D eigenvalue weighted by atomic mass is 10.0. The molecule has 1 N–H and O–H groups in total. The third-order valence-electron chi connectivity index (χ3n) is 3.09. The van der Waals surface area contributed by atoms with Crippen molar-refractivity contribution < 1.29 is 13.2 Å². The number of nitrogens with one attached hydrogen (secondary N) is 1. The molecule has 18 heavy (non-hydrogen) atoms. The molecule has 1 aromatic rings. The first-order valence-electron chi connectivity index (χ1n) is 6.11. The Hall–Kier alpha value is -1.33. The van der Waals surface area contributed by atoms with Gasteiger partial charge in [-0.1, -0.05) is 18.2 Å². The maximum atomic E-state index is 11.2. The zero-order valence-electron chi connectivity index (χ0n) is 10.1. The van der Waals surface area contributed by atoms with Crippen LogP contribution in [0.2, 0.25) is 0 Å². The molecule has 1 saturated heterocycles. The van der Waals surface area contributed by atoms with Gasteiger partial charge < -0.3 is 10.1 Å². The molecular formula is C13H17NO3S.